The first-order chi connectivity index (χ1) is 34.9. The summed E-state index contributed by atoms with van der Waals surface area (Å²) in [5.41, 5.74) is 15.7. The first-order valence-electron chi connectivity index (χ1n) is 23.9. The van der Waals surface area contributed by atoms with Gasteiger partial charge in [-0.1, -0.05) is 42.5 Å². The minimum atomic E-state index is -0.287. The molecule has 4 heterocycles. The molecule has 0 aliphatic carbocycles. The molecule has 13 rings (SSSR count). The molecule has 0 unspecified atom stereocenters. The maximum absolute atomic E-state index is 9.45. The quantitative estimate of drug-likeness (QED) is 0.112. The van der Waals surface area contributed by atoms with Crippen LogP contribution in [0.2, 0.25) is 0 Å². The molecule has 2 aliphatic rings. The van der Waals surface area contributed by atoms with Crippen LogP contribution < -0.4 is 19.8 Å². The Balaban J connectivity index is 0.946. The second-order valence-electron chi connectivity index (χ2n) is 16.7. The van der Waals surface area contributed by atoms with Crippen LogP contribution in [0.15, 0.2) is 230 Å². The molecule has 324 valence electrons. The molecule has 0 spiro atoms. The molecule has 11 aromatic rings. The van der Waals surface area contributed by atoms with E-state index in [9.17, 15) is 4.11 Å². The van der Waals surface area contributed by atoms with Gasteiger partial charge in [-0.15, -0.1) is 6.07 Å². The van der Waals surface area contributed by atoms with E-state index in [1.165, 1.54) is 0 Å². The zero-order valence-corrected chi connectivity index (χ0v) is 38.5. The molecule has 0 amide bonds. The van der Waals surface area contributed by atoms with E-state index in [1.807, 2.05) is 59.2 Å². The van der Waals surface area contributed by atoms with Gasteiger partial charge >= 0.3 is 329 Å². The molecular weight excluding hydrogens is 1010 g/mol. The number of benzene rings is 9. The summed E-state index contributed by atoms with van der Waals surface area (Å²) in [4.78, 5) is 9.64. The number of hydrogen-bond acceptors (Lipinski definition) is 4. The van der Waals surface area contributed by atoms with Gasteiger partial charge in [0.1, 0.15) is 0 Å². The Morgan fingerprint density at radius 1 is 0.529 bits per heavy atom. The molecule has 6 nitrogen and oxygen atoms in total. The Hall–Kier alpha value is -8.25. The van der Waals surface area contributed by atoms with Gasteiger partial charge in [0.05, 0.1) is 0 Å². The SMILES string of the molecule is [2H]c1c(Oc2cccc(N3B4c5ccccc5-c5ccccc5N4c4ccc[c-]c43)n2)[c-]c(-n2[c](=[Pt])n(-c3c(-c4ccccc4)cccc3-c3cccc(-c4ccccc4)c3)c3ccccc32)c([2H])c1[2H]. The average molecular weight is 1050 g/mol. The Morgan fingerprint density at radius 3 is 2.00 bits per heavy atom. The summed E-state index contributed by atoms with van der Waals surface area (Å²) in [6, 6.07) is 78.7. The molecule has 9 aromatic carbocycles. The van der Waals surface area contributed by atoms with Crippen molar-refractivity contribution in [2.24, 2.45) is 0 Å². The summed E-state index contributed by atoms with van der Waals surface area (Å²) >= 11 is 2.33. The van der Waals surface area contributed by atoms with E-state index >= 15 is 0 Å². The van der Waals surface area contributed by atoms with Crippen molar-refractivity contribution in [2.45, 2.75) is 0 Å². The van der Waals surface area contributed by atoms with Crippen LogP contribution >= 0.6 is 0 Å². The fourth-order valence-electron chi connectivity index (χ4n) is 9.92. The molecule has 0 saturated heterocycles. The Kier molecular flexibility index (Phi) is 8.99. The Bertz CT molecular complexity index is 3980. The van der Waals surface area contributed by atoms with Gasteiger partial charge in [0.15, 0.2) is 0 Å². The van der Waals surface area contributed by atoms with Gasteiger partial charge in [0.2, 0.25) is 0 Å². The molecule has 0 radical (unpaired) electrons. The third kappa shape index (κ3) is 6.61. The number of hydrogen-bond donors (Lipinski definition) is 0. The van der Waals surface area contributed by atoms with Gasteiger partial charge in [0.25, 0.3) is 0 Å². The number of ether oxygens (including phenoxy) is 1. The zero-order valence-electron chi connectivity index (χ0n) is 39.2. The summed E-state index contributed by atoms with van der Waals surface area (Å²) in [5, 5.41) is 0. The van der Waals surface area contributed by atoms with E-state index in [-0.39, 0.29) is 42.4 Å². The van der Waals surface area contributed by atoms with Crippen LogP contribution in [0, 0.1) is 15.9 Å². The van der Waals surface area contributed by atoms with Crippen molar-refractivity contribution in [3.05, 3.63) is 246 Å². The molecule has 0 fully saturated rings. The third-order valence-corrected chi connectivity index (χ3v) is 13.8. The normalized spacial score (nSPS) is 13.0. The predicted molar refractivity (Wildman–Crippen MR) is 272 cm³/mol. The Labute approximate surface area is 410 Å². The summed E-state index contributed by atoms with van der Waals surface area (Å²) in [7, 11) is 0. The predicted octanol–water partition coefficient (Wildman–Crippen LogP) is 14.0. The molecular formula is C60H38BN5OPt-2. The van der Waals surface area contributed by atoms with Gasteiger partial charge in [-0.05, 0) is 11.6 Å². The fourth-order valence-corrected chi connectivity index (χ4v) is 11.0. The van der Waals surface area contributed by atoms with E-state index in [4.69, 9.17) is 9.72 Å². The second kappa shape index (κ2) is 16.6. The van der Waals surface area contributed by atoms with Crippen LogP contribution in [0.25, 0.3) is 66.9 Å². The fraction of sp³-hybridized carbons (Fsp3) is 0. The van der Waals surface area contributed by atoms with Crippen molar-refractivity contribution in [2.75, 3.05) is 9.62 Å². The van der Waals surface area contributed by atoms with Crippen molar-refractivity contribution in [3.63, 3.8) is 0 Å². The van der Waals surface area contributed by atoms with Gasteiger partial charge in [-0.3, -0.25) is 0 Å². The second-order valence-corrected chi connectivity index (χ2v) is 17.7. The number of imidazole rings is 1. The summed E-state index contributed by atoms with van der Waals surface area (Å²) in [6.07, 6.45) is 0. The van der Waals surface area contributed by atoms with Gasteiger partial charge in [-0.25, -0.2) is 0 Å². The molecule has 0 bridgehead atoms. The standard InChI is InChI=1S/C60H38BN5O.Pt/c1-3-19-42(20-4-1)44-23-15-24-45(39-44)49-30-17-29-48(43-21-5-2-6-22-43)60(49)64-41-63(54-33-11-12-34-55(54)64)46-25-16-26-47(40-46)67-59-38-18-37-58(62-59)66-57-36-14-13-35-56(57)65-53-32-10-8-28-51(53)50-27-7-9-31-52(50)61(65)66;/h1-35,37-39H;/q-2;/i16D,25D,26D;. The van der Waals surface area contributed by atoms with Crippen LogP contribution in [-0.4, -0.2) is 21.1 Å². The number of nitrogens with zero attached hydrogens (tertiary/aromatic N) is 5. The van der Waals surface area contributed by atoms with Gasteiger partial charge in [-0.2, -0.15) is 12.1 Å². The van der Waals surface area contributed by atoms with Crippen LogP contribution in [0.1, 0.15) is 4.11 Å². The summed E-state index contributed by atoms with van der Waals surface area (Å²) in [6.45, 7) is -0.263. The van der Waals surface area contributed by atoms with Crippen molar-refractivity contribution in [1.82, 2.24) is 14.1 Å². The van der Waals surface area contributed by atoms with Crippen LogP contribution in [0.5, 0.6) is 11.6 Å². The summed E-state index contributed by atoms with van der Waals surface area (Å²) in [5.74, 6) is 0.829. The average Bonchev–Trinajstić information content (AvgIpc) is 3.93. The monoisotopic (exact) mass is 1050 g/mol. The molecule has 0 atom stereocenters. The Morgan fingerprint density at radius 2 is 1.16 bits per heavy atom. The number of fused-ring (bicyclic) bond motifs is 9. The molecule has 8 heteroatoms. The van der Waals surface area contributed by atoms with Crippen LogP contribution in [0.4, 0.5) is 22.9 Å². The van der Waals surface area contributed by atoms with Crippen LogP contribution in [-0.2, 0) is 19.4 Å². The molecule has 2 aromatic heterocycles. The number of anilines is 4. The van der Waals surface area contributed by atoms with E-state index in [0.717, 1.165) is 87.6 Å². The topological polar surface area (TPSA) is 38.5 Å². The molecule has 0 N–H and O–H groups in total. The van der Waals surface area contributed by atoms with Crippen molar-refractivity contribution >= 4 is 46.4 Å². The molecule has 0 saturated carbocycles. The number of rotatable bonds is 8. The minimum absolute atomic E-state index is 0.0129. The van der Waals surface area contributed by atoms with E-state index in [1.54, 1.807) is 6.07 Å². The van der Waals surface area contributed by atoms with Crippen molar-refractivity contribution < 1.29 is 28.2 Å². The first-order valence-corrected chi connectivity index (χ1v) is 23.5. The van der Waals surface area contributed by atoms with Gasteiger partial charge < -0.3 is 0 Å². The van der Waals surface area contributed by atoms with Crippen molar-refractivity contribution in [1.29, 1.82) is 0 Å². The van der Waals surface area contributed by atoms with E-state index in [2.05, 4.69) is 197 Å². The number of aromatic nitrogens is 3. The van der Waals surface area contributed by atoms with E-state index in [0.29, 0.717) is 5.82 Å². The zero-order chi connectivity index (χ0) is 47.7. The third-order valence-electron chi connectivity index (χ3n) is 12.8. The maximum atomic E-state index is 9.45. The number of para-hydroxylation sites is 5. The van der Waals surface area contributed by atoms with E-state index < -0.39 is 0 Å². The van der Waals surface area contributed by atoms with Crippen LogP contribution in [0.3, 0.4) is 0 Å². The molecule has 2 aliphatic heterocycles. The summed E-state index contributed by atoms with van der Waals surface area (Å²) < 4.78 is 39.4. The first kappa shape index (κ1) is 36.9. The van der Waals surface area contributed by atoms with Gasteiger partial charge in [0, 0.05) is 11.3 Å². The van der Waals surface area contributed by atoms with Crippen molar-refractivity contribution in [3.8, 4) is 67.5 Å². The molecule has 68 heavy (non-hydrogen) atoms. The number of pyridine rings is 1.